The maximum absolute atomic E-state index is 10.8. The van der Waals surface area contributed by atoms with Crippen molar-refractivity contribution in [1.29, 1.82) is 0 Å². The predicted octanol–water partition coefficient (Wildman–Crippen LogP) is 4.19. The van der Waals surface area contributed by atoms with Crippen molar-refractivity contribution < 1.29 is 19.8 Å². The Balaban J connectivity index is 0.000000212. The molecule has 0 bridgehead atoms. The minimum absolute atomic E-state index is 0.0821. The molecule has 0 heterocycles. The molecule has 0 atom stereocenters. The maximum Gasteiger partial charge on any atom is 0.339 e. The Bertz CT molecular complexity index is 827. The van der Waals surface area contributed by atoms with Crippen molar-refractivity contribution in [2.45, 2.75) is 6.42 Å². The van der Waals surface area contributed by atoms with Gasteiger partial charge in [-0.1, -0.05) is 66.7 Å². The van der Waals surface area contributed by atoms with Gasteiger partial charge in [0.2, 0.25) is 0 Å². The monoisotopic (exact) mass is 334 g/mol. The molecule has 0 amide bonds. The Morgan fingerprint density at radius 1 is 0.840 bits per heavy atom. The second-order valence-corrected chi connectivity index (χ2v) is 5.26. The van der Waals surface area contributed by atoms with Gasteiger partial charge in [-0.25, -0.2) is 4.79 Å². The number of benzene rings is 3. The van der Waals surface area contributed by atoms with Gasteiger partial charge in [-0.3, -0.25) is 0 Å². The summed E-state index contributed by atoms with van der Waals surface area (Å²) >= 11 is 0. The number of aromatic carboxylic acids is 1. The molecule has 0 saturated carbocycles. The number of aldehydes is 1. The molecular weight excluding hydrogens is 316 g/mol. The lowest BCUT2D eigenvalue weighted by molar-refractivity contribution is -0.107. The summed E-state index contributed by atoms with van der Waals surface area (Å²) in [6.07, 6.45) is 1.44. The highest BCUT2D eigenvalue weighted by atomic mass is 16.4. The van der Waals surface area contributed by atoms with Crippen LogP contribution < -0.4 is 0 Å². The Morgan fingerprint density at radius 2 is 1.44 bits per heavy atom. The van der Waals surface area contributed by atoms with Crippen LogP contribution in [-0.2, 0) is 11.2 Å². The van der Waals surface area contributed by atoms with Gasteiger partial charge < -0.3 is 15.0 Å². The third-order valence-electron chi connectivity index (χ3n) is 3.50. The Morgan fingerprint density at radius 3 is 2.00 bits per heavy atom. The van der Waals surface area contributed by atoms with Crippen LogP contribution in [-0.4, -0.2) is 22.5 Å². The molecule has 126 valence electrons. The zero-order valence-electron chi connectivity index (χ0n) is 13.5. The zero-order valence-corrected chi connectivity index (χ0v) is 13.5. The Hall–Kier alpha value is -3.40. The van der Waals surface area contributed by atoms with Crippen LogP contribution in [0.4, 0.5) is 0 Å². The van der Waals surface area contributed by atoms with Crippen LogP contribution in [0, 0.1) is 0 Å². The van der Waals surface area contributed by atoms with Crippen molar-refractivity contribution >= 4 is 12.3 Å². The molecule has 2 N–H and O–H groups in total. The van der Waals surface area contributed by atoms with Crippen LogP contribution in [0.5, 0.6) is 5.75 Å². The molecule has 4 nitrogen and oxygen atoms in total. The first-order chi connectivity index (χ1) is 12.1. The van der Waals surface area contributed by atoms with E-state index >= 15 is 0 Å². The number of carbonyl (C=O) groups is 2. The second kappa shape index (κ2) is 9.03. The molecule has 0 saturated heterocycles. The number of aromatic hydroxyl groups is 1. The van der Waals surface area contributed by atoms with E-state index in [9.17, 15) is 14.7 Å². The number of phenols is 1. The van der Waals surface area contributed by atoms with Gasteiger partial charge in [0.1, 0.15) is 17.6 Å². The summed E-state index contributed by atoms with van der Waals surface area (Å²) in [4.78, 5) is 20.8. The van der Waals surface area contributed by atoms with Crippen molar-refractivity contribution in [3.05, 3.63) is 90.0 Å². The molecule has 0 radical (unpaired) electrons. The first-order valence-electron chi connectivity index (χ1n) is 7.71. The summed E-state index contributed by atoms with van der Waals surface area (Å²) in [7, 11) is 0. The number of hydrogen-bond donors (Lipinski definition) is 2. The van der Waals surface area contributed by atoms with Crippen molar-refractivity contribution in [2.75, 3.05) is 0 Å². The summed E-state index contributed by atoms with van der Waals surface area (Å²) in [5.41, 5.74) is 2.69. The number of carbonyl (C=O) groups excluding carboxylic acids is 1. The van der Waals surface area contributed by atoms with Gasteiger partial charge in [-0.2, -0.15) is 0 Å². The van der Waals surface area contributed by atoms with Gasteiger partial charge in [0.15, 0.2) is 0 Å². The lowest BCUT2D eigenvalue weighted by Crippen LogP contribution is -1.96. The smallest absolute Gasteiger partial charge is 0.339 e. The minimum atomic E-state index is -1.13. The summed E-state index contributed by atoms with van der Waals surface area (Å²) in [5, 5.41) is 18.2. The van der Waals surface area contributed by atoms with Crippen LogP contribution in [0.3, 0.4) is 0 Å². The molecule has 4 heteroatoms. The van der Waals surface area contributed by atoms with E-state index in [0.717, 1.165) is 23.0 Å². The van der Waals surface area contributed by atoms with Gasteiger partial charge in [0.25, 0.3) is 0 Å². The number of carboxylic acid groups (broad SMARTS) is 1. The average Bonchev–Trinajstić information content (AvgIpc) is 2.64. The van der Waals surface area contributed by atoms with E-state index in [4.69, 9.17) is 5.11 Å². The molecular formula is C21H18O4. The zero-order chi connectivity index (χ0) is 18.1. The van der Waals surface area contributed by atoms with E-state index in [1.165, 1.54) is 12.1 Å². The molecule has 3 aromatic rings. The summed E-state index contributed by atoms with van der Waals surface area (Å²) in [5.74, 6) is -1.34. The SMILES string of the molecule is O=C(O)c1cc(-c2ccccc2)ccc1O.O=CCc1ccccc1. The summed E-state index contributed by atoms with van der Waals surface area (Å²) in [6.45, 7) is 0. The van der Waals surface area contributed by atoms with E-state index in [2.05, 4.69) is 0 Å². The molecule has 3 aromatic carbocycles. The van der Waals surface area contributed by atoms with E-state index in [-0.39, 0.29) is 11.3 Å². The van der Waals surface area contributed by atoms with Gasteiger partial charge >= 0.3 is 5.97 Å². The normalized spacial score (nSPS) is 9.60. The summed E-state index contributed by atoms with van der Waals surface area (Å²) < 4.78 is 0. The topological polar surface area (TPSA) is 74.6 Å². The van der Waals surface area contributed by atoms with E-state index in [0.29, 0.717) is 6.42 Å². The highest BCUT2D eigenvalue weighted by molar-refractivity contribution is 5.92. The molecule has 0 fully saturated rings. The molecule has 0 aliphatic carbocycles. The molecule has 3 rings (SSSR count). The van der Waals surface area contributed by atoms with Gasteiger partial charge in [-0.05, 0) is 28.8 Å². The third kappa shape index (κ3) is 5.32. The van der Waals surface area contributed by atoms with Crippen molar-refractivity contribution in [3.63, 3.8) is 0 Å². The lowest BCUT2D eigenvalue weighted by atomic mass is 10.0. The number of carboxylic acids is 1. The summed E-state index contributed by atoms with van der Waals surface area (Å²) in [6, 6.07) is 23.6. The fourth-order valence-electron chi connectivity index (χ4n) is 2.23. The van der Waals surface area contributed by atoms with Crippen molar-refractivity contribution in [3.8, 4) is 16.9 Å². The minimum Gasteiger partial charge on any atom is -0.507 e. The van der Waals surface area contributed by atoms with Gasteiger partial charge in [-0.15, -0.1) is 0 Å². The van der Waals surface area contributed by atoms with Crippen LogP contribution in [0.2, 0.25) is 0 Å². The predicted molar refractivity (Wildman–Crippen MR) is 96.7 cm³/mol. The van der Waals surface area contributed by atoms with Crippen LogP contribution >= 0.6 is 0 Å². The quantitative estimate of drug-likeness (QED) is 0.702. The van der Waals surface area contributed by atoms with Crippen LogP contribution in [0.25, 0.3) is 11.1 Å². The van der Waals surface area contributed by atoms with Crippen LogP contribution in [0.15, 0.2) is 78.9 Å². The Kier molecular flexibility index (Phi) is 6.48. The van der Waals surface area contributed by atoms with E-state index < -0.39 is 5.97 Å². The molecule has 0 unspecified atom stereocenters. The largest absolute Gasteiger partial charge is 0.507 e. The van der Waals surface area contributed by atoms with Gasteiger partial charge in [0.05, 0.1) is 0 Å². The van der Waals surface area contributed by atoms with Crippen molar-refractivity contribution in [2.24, 2.45) is 0 Å². The molecule has 0 aromatic heterocycles. The average molecular weight is 334 g/mol. The van der Waals surface area contributed by atoms with Crippen LogP contribution in [0.1, 0.15) is 15.9 Å². The Labute approximate surface area is 146 Å². The number of rotatable bonds is 4. The first kappa shape index (κ1) is 17.9. The fourth-order valence-corrected chi connectivity index (χ4v) is 2.23. The van der Waals surface area contributed by atoms with Gasteiger partial charge in [0, 0.05) is 6.42 Å². The van der Waals surface area contributed by atoms with Crippen molar-refractivity contribution in [1.82, 2.24) is 0 Å². The third-order valence-corrected chi connectivity index (χ3v) is 3.50. The number of hydrogen-bond acceptors (Lipinski definition) is 3. The standard InChI is InChI=1S/C13H10O3.C8H8O/c14-12-7-6-10(8-11(12)13(15)16)9-4-2-1-3-5-9;9-7-6-8-4-2-1-3-5-8/h1-8,14H,(H,15,16);1-5,7H,6H2. The highest BCUT2D eigenvalue weighted by Gasteiger charge is 2.10. The van der Waals surface area contributed by atoms with E-state index in [1.807, 2.05) is 60.7 Å². The first-order valence-corrected chi connectivity index (χ1v) is 7.71. The molecule has 0 spiro atoms. The fraction of sp³-hybridized carbons (Fsp3) is 0.0476. The maximum atomic E-state index is 10.8. The van der Waals surface area contributed by atoms with E-state index in [1.54, 1.807) is 6.07 Å². The molecule has 0 aliphatic rings. The molecule has 25 heavy (non-hydrogen) atoms. The molecule has 0 aliphatic heterocycles. The lowest BCUT2D eigenvalue weighted by Gasteiger charge is -2.04. The second-order valence-electron chi connectivity index (χ2n) is 5.26. The highest BCUT2D eigenvalue weighted by Crippen LogP contribution is 2.25.